The number of fused-ring (bicyclic) bond motifs is 9. The summed E-state index contributed by atoms with van der Waals surface area (Å²) in [6, 6.07) is 16.0. The third-order valence-electron chi connectivity index (χ3n) is 7.99. The highest BCUT2D eigenvalue weighted by atomic mass is 16.6. The molecule has 0 saturated heterocycles. The van der Waals surface area contributed by atoms with E-state index < -0.39 is 6.09 Å². The highest BCUT2D eigenvalue weighted by molar-refractivity contribution is 6.39. The SMILES string of the molecule is CN(C)CCNC(=O)OC1CCCn2c3ccccc3c3c4c(c5c6ccccc6n(c5c32)C1)C(=O)NC4=O. The van der Waals surface area contributed by atoms with Crippen molar-refractivity contribution in [2.24, 2.45) is 0 Å². The van der Waals surface area contributed by atoms with E-state index in [0.717, 1.165) is 56.6 Å². The molecule has 1 unspecified atom stereocenters. The van der Waals surface area contributed by atoms with Crippen LogP contribution in [0, 0.1) is 0 Å². The van der Waals surface area contributed by atoms with Crippen LogP contribution in [0.15, 0.2) is 48.5 Å². The summed E-state index contributed by atoms with van der Waals surface area (Å²) in [5.41, 5.74) is 4.68. The summed E-state index contributed by atoms with van der Waals surface area (Å²) in [6.07, 6.45) is 0.674. The molecule has 0 fully saturated rings. The third-order valence-corrected chi connectivity index (χ3v) is 7.99. The number of hydrogen-bond acceptors (Lipinski definition) is 5. The van der Waals surface area contributed by atoms with Crippen molar-refractivity contribution in [3.63, 3.8) is 0 Å². The number of alkyl carbamates (subject to hydrolysis) is 1. The molecule has 0 spiro atoms. The van der Waals surface area contributed by atoms with Crippen LogP contribution in [-0.2, 0) is 17.8 Å². The number of amides is 3. The molecular formula is C30H29N5O4. The molecule has 9 nitrogen and oxygen atoms in total. The maximum Gasteiger partial charge on any atom is 0.407 e. The lowest BCUT2D eigenvalue weighted by molar-refractivity contribution is 0.0816. The average Bonchev–Trinajstić information content (AvgIpc) is 3.52. The van der Waals surface area contributed by atoms with Gasteiger partial charge in [-0.2, -0.15) is 0 Å². The van der Waals surface area contributed by atoms with Gasteiger partial charge in [0.05, 0.1) is 28.7 Å². The maximum absolute atomic E-state index is 13.3. The normalized spacial score (nSPS) is 17.2. The van der Waals surface area contributed by atoms with Crippen molar-refractivity contribution in [2.45, 2.75) is 32.0 Å². The number of carbonyl (C=O) groups is 3. The molecule has 198 valence electrons. The fourth-order valence-corrected chi connectivity index (χ4v) is 6.40. The minimum Gasteiger partial charge on any atom is -0.444 e. The van der Waals surface area contributed by atoms with Gasteiger partial charge >= 0.3 is 6.09 Å². The van der Waals surface area contributed by atoms with E-state index in [9.17, 15) is 14.4 Å². The van der Waals surface area contributed by atoms with Crippen LogP contribution in [0.3, 0.4) is 0 Å². The number of ether oxygens (including phenoxy) is 1. The molecule has 2 aromatic heterocycles. The molecule has 3 aromatic carbocycles. The molecule has 1 atom stereocenters. The lowest BCUT2D eigenvalue weighted by Crippen LogP contribution is -2.35. The van der Waals surface area contributed by atoms with Crippen LogP contribution in [0.1, 0.15) is 33.6 Å². The standard InChI is InChI=1S/C30H29N5O4/c1-33(2)15-13-31-30(38)39-17-8-7-14-34-20-11-5-3-9-18(20)22-24-25(29(37)32-28(24)36)23-19-10-4-6-12-21(19)35(16-17)27(23)26(22)34/h3-6,9-12,17H,7-8,13-16H2,1-2H3,(H,31,38)(H,32,36,37). The second-order valence-electron chi connectivity index (χ2n) is 10.7. The van der Waals surface area contributed by atoms with Gasteiger partial charge in [0.2, 0.25) is 0 Å². The Morgan fingerprint density at radius 2 is 1.54 bits per heavy atom. The van der Waals surface area contributed by atoms with E-state index in [1.165, 1.54) is 0 Å². The fourth-order valence-electron chi connectivity index (χ4n) is 6.40. The van der Waals surface area contributed by atoms with Crippen molar-refractivity contribution >= 4 is 61.5 Å². The van der Waals surface area contributed by atoms with Gasteiger partial charge in [0.25, 0.3) is 11.8 Å². The molecule has 0 aliphatic carbocycles. The highest BCUT2D eigenvalue weighted by Gasteiger charge is 2.37. The first kappa shape index (κ1) is 23.7. The smallest absolute Gasteiger partial charge is 0.407 e. The van der Waals surface area contributed by atoms with Gasteiger partial charge in [-0.05, 0) is 39.1 Å². The second-order valence-corrected chi connectivity index (χ2v) is 10.7. The van der Waals surface area contributed by atoms with E-state index in [4.69, 9.17) is 4.74 Å². The molecule has 7 rings (SSSR count). The van der Waals surface area contributed by atoms with Crippen LogP contribution in [0.25, 0.3) is 43.6 Å². The van der Waals surface area contributed by atoms with E-state index in [1.54, 1.807) is 0 Å². The molecular weight excluding hydrogens is 494 g/mol. The summed E-state index contributed by atoms with van der Waals surface area (Å²) in [5, 5.41) is 8.87. The number of rotatable bonds is 4. The summed E-state index contributed by atoms with van der Waals surface area (Å²) < 4.78 is 10.4. The second kappa shape index (κ2) is 8.84. The van der Waals surface area contributed by atoms with Gasteiger partial charge in [-0.15, -0.1) is 0 Å². The first-order valence-electron chi connectivity index (χ1n) is 13.4. The number of imide groups is 1. The van der Waals surface area contributed by atoms with Gasteiger partial charge < -0.3 is 24.1 Å². The van der Waals surface area contributed by atoms with Crippen molar-refractivity contribution in [1.82, 2.24) is 24.7 Å². The summed E-state index contributed by atoms with van der Waals surface area (Å²) in [5.74, 6) is -0.725. The molecule has 4 heterocycles. The Labute approximate surface area is 224 Å². The Hall–Kier alpha value is -4.37. The predicted octanol–water partition coefficient (Wildman–Crippen LogP) is 4.24. The van der Waals surface area contributed by atoms with Crippen molar-refractivity contribution in [1.29, 1.82) is 0 Å². The Balaban J connectivity index is 1.50. The minimum absolute atomic E-state index is 0.355. The molecule has 3 amide bonds. The van der Waals surface area contributed by atoms with Crippen LogP contribution >= 0.6 is 0 Å². The molecule has 0 saturated carbocycles. The molecule has 9 heteroatoms. The van der Waals surface area contributed by atoms with Crippen LogP contribution in [0.5, 0.6) is 0 Å². The molecule has 2 aliphatic heterocycles. The molecule has 39 heavy (non-hydrogen) atoms. The maximum atomic E-state index is 13.3. The number of hydrogen-bond donors (Lipinski definition) is 2. The largest absolute Gasteiger partial charge is 0.444 e. The van der Waals surface area contributed by atoms with Crippen LogP contribution < -0.4 is 10.6 Å². The zero-order chi connectivity index (χ0) is 26.8. The number of benzene rings is 3. The Kier molecular flexibility index (Phi) is 5.38. The average molecular weight is 524 g/mol. The van der Waals surface area contributed by atoms with Gasteiger partial charge in [0.15, 0.2) is 0 Å². The van der Waals surface area contributed by atoms with E-state index in [1.807, 2.05) is 61.5 Å². The van der Waals surface area contributed by atoms with Crippen molar-refractivity contribution in [3.8, 4) is 0 Å². The number of likely N-dealkylation sites (N-methyl/N-ethyl adjacent to an activating group) is 1. The van der Waals surface area contributed by atoms with Crippen LogP contribution in [0.2, 0.25) is 0 Å². The molecule has 0 radical (unpaired) electrons. The zero-order valence-corrected chi connectivity index (χ0v) is 21.9. The number of aromatic nitrogens is 2. The van der Waals surface area contributed by atoms with E-state index >= 15 is 0 Å². The predicted molar refractivity (Wildman–Crippen MR) is 150 cm³/mol. The Morgan fingerprint density at radius 3 is 2.18 bits per heavy atom. The summed E-state index contributed by atoms with van der Waals surface area (Å²) in [6.45, 7) is 2.35. The van der Waals surface area contributed by atoms with Gasteiger partial charge in [-0.1, -0.05) is 36.4 Å². The zero-order valence-electron chi connectivity index (χ0n) is 21.9. The molecule has 2 N–H and O–H groups in total. The molecule has 5 aromatic rings. The van der Waals surface area contributed by atoms with Crippen molar-refractivity contribution < 1.29 is 19.1 Å². The molecule has 0 bridgehead atoms. The minimum atomic E-state index is -0.428. The quantitative estimate of drug-likeness (QED) is 0.344. The summed E-state index contributed by atoms with van der Waals surface area (Å²) in [4.78, 5) is 41.3. The van der Waals surface area contributed by atoms with Gasteiger partial charge in [0, 0.05) is 52.2 Å². The van der Waals surface area contributed by atoms with Crippen molar-refractivity contribution in [3.05, 3.63) is 59.7 Å². The topological polar surface area (TPSA) is 97.6 Å². The van der Waals surface area contributed by atoms with E-state index in [2.05, 4.69) is 25.8 Å². The lowest BCUT2D eigenvalue weighted by Gasteiger charge is -2.20. The van der Waals surface area contributed by atoms with Gasteiger partial charge in [0.1, 0.15) is 6.10 Å². The van der Waals surface area contributed by atoms with Gasteiger partial charge in [-0.3, -0.25) is 14.9 Å². The summed E-state index contributed by atoms with van der Waals surface area (Å²) >= 11 is 0. The number of aryl methyl sites for hydroxylation is 1. The fraction of sp³-hybridized carbons (Fsp3) is 0.300. The van der Waals surface area contributed by atoms with E-state index in [-0.39, 0.29) is 17.9 Å². The third kappa shape index (κ3) is 3.53. The first-order chi connectivity index (χ1) is 18.9. The lowest BCUT2D eigenvalue weighted by atomic mass is 9.96. The number of carbonyl (C=O) groups excluding carboxylic acids is 3. The highest BCUT2D eigenvalue weighted by Crippen LogP contribution is 2.45. The number of nitrogens with zero attached hydrogens (tertiary/aromatic N) is 3. The van der Waals surface area contributed by atoms with Crippen LogP contribution in [-0.4, -0.2) is 65.2 Å². The first-order valence-corrected chi connectivity index (χ1v) is 13.4. The Morgan fingerprint density at radius 1 is 0.949 bits per heavy atom. The monoisotopic (exact) mass is 523 g/mol. The number of nitrogens with one attached hydrogen (secondary N) is 2. The van der Waals surface area contributed by atoms with Crippen molar-refractivity contribution in [2.75, 3.05) is 27.2 Å². The van der Waals surface area contributed by atoms with Gasteiger partial charge in [-0.25, -0.2) is 4.79 Å². The van der Waals surface area contributed by atoms with Crippen LogP contribution in [0.4, 0.5) is 4.79 Å². The Bertz CT molecular complexity index is 1850. The summed E-state index contributed by atoms with van der Waals surface area (Å²) in [7, 11) is 3.91. The number of para-hydroxylation sites is 2. The molecule has 2 aliphatic rings. The van der Waals surface area contributed by atoms with E-state index in [0.29, 0.717) is 37.2 Å².